The summed E-state index contributed by atoms with van der Waals surface area (Å²) in [6, 6.07) is 4.56. The average Bonchev–Trinajstić information content (AvgIpc) is 2.40. The van der Waals surface area contributed by atoms with Gasteiger partial charge in [-0.2, -0.15) is 0 Å². The molecule has 1 aliphatic carbocycles. The molecule has 0 heterocycles. The van der Waals surface area contributed by atoms with Crippen LogP contribution in [0.3, 0.4) is 0 Å². The van der Waals surface area contributed by atoms with Gasteiger partial charge in [0.2, 0.25) is 0 Å². The summed E-state index contributed by atoms with van der Waals surface area (Å²) in [4.78, 5) is 11.0. The third-order valence-electron chi connectivity index (χ3n) is 3.66. The van der Waals surface area contributed by atoms with Crippen LogP contribution in [0.2, 0.25) is 0 Å². The monoisotopic (exact) mass is 376 g/mol. The van der Waals surface area contributed by atoms with E-state index in [0.717, 1.165) is 12.8 Å². The molecule has 5 nitrogen and oxygen atoms in total. The van der Waals surface area contributed by atoms with Crippen molar-refractivity contribution in [2.45, 2.75) is 37.0 Å². The highest BCUT2D eigenvalue weighted by molar-refractivity contribution is 9.10. The minimum Gasteiger partial charge on any atom is -0.489 e. The second-order valence-corrected chi connectivity index (χ2v) is 8.49. The fraction of sp³-hybridized carbons (Fsp3) is 0.500. The van der Waals surface area contributed by atoms with Crippen LogP contribution in [0.5, 0.6) is 5.75 Å². The molecule has 7 heteroatoms. The van der Waals surface area contributed by atoms with Gasteiger partial charge < -0.3 is 9.84 Å². The van der Waals surface area contributed by atoms with Crippen LogP contribution in [0.15, 0.2) is 22.7 Å². The molecule has 21 heavy (non-hydrogen) atoms. The van der Waals surface area contributed by atoms with E-state index in [1.165, 1.54) is 18.4 Å². The molecule has 0 amide bonds. The maximum Gasteiger partial charge on any atom is 0.335 e. The lowest BCUT2D eigenvalue weighted by molar-refractivity contribution is 0.0695. The normalized spacial score (nSPS) is 22.8. The first kappa shape index (κ1) is 16.3. The van der Waals surface area contributed by atoms with Gasteiger partial charge in [0.15, 0.2) is 0 Å². The largest absolute Gasteiger partial charge is 0.489 e. The van der Waals surface area contributed by atoms with Crippen LogP contribution in [0, 0.1) is 0 Å². The summed E-state index contributed by atoms with van der Waals surface area (Å²) in [5.41, 5.74) is 0.142. The lowest BCUT2D eigenvalue weighted by Crippen LogP contribution is -2.33. The Morgan fingerprint density at radius 3 is 2.71 bits per heavy atom. The molecule has 2 atom stereocenters. The molecule has 1 aromatic rings. The molecular formula is C14H17BrO5S. The Hall–Kier alpha value is -1.08. The molecule has 1 aliphatic rings. The molecule has 0 spiro atoms. The number of carboxylic acid groups (broad SMARTS) is 1. The molecular weight excluding hydrogens is 360 g/mol. The zero-order chi connectivity index (χ0) is 15.6. The lowest BCUT2D eigenvalue weighted by Gasteiger charge is -2.28. The van der Waals surface area contributed by atoms with Crippen LogP contribution in [0.4, 0.5) is 0 Å². The minimum absolute atomic E-state index is 0.142. The van der Waals surface area contributed by atoms with Gasteiger partial charge in [0.1, 0.15) is 21.7 Å². The van der Waals surface area contributed by atoms with Crippen LogP contribution in [-0.4, -0.2) is 37.1 Å². The molecule has 0 bridgehead atoms. The van der Waals surface area contributed by atoms with Crippen molar-refractivity contribution >= 4 is 31.7 Å². The zero-order valence-corrected chi connectivity index (χ0v) is 14.0. The Morgan fingerprint density at radius 2 is 2.10 bits per heavy atom. The van der Waals surface area contributed by atoms with Gasteiger partial charge >= 0.3 is 5.97 Å². The number of ether oxygens (including phenoxy) is 1. The molecule has 1 aromatic carbocycles. The topological polar surface area (TPSA) is 80.7 Å². The molecule has 116 valence electrons. The van der Waals surface area contributed by atoms with Gasteiger partial charge in [0.25, 0.3) is 0 Å². The number of benzene rings is 1. The maximum absolute atomic E-state index is 11.7. The van der Waals surface area contributed by atoms with Crippen molar-refractivity contribution in [1.29, 1.82) is 0 Å². The van der Waals surface area contributed by atoms with Crippen LogP contribution >= 0.6 is 15.9 Å². The number of hydrogen-bond donors (Lipinski definition) is 1. The smallest absolute Gasteiger partial charge is 0.335 e. The van der Waals surface area contributed by atoms with Crippen molar-refractivity contribution in [2.75, 3.05) is 6.26 Å². The third-order valence-corrected chi connectivity index (χ3v) is 5.95. The summed E-state index contributed by atoms with van der Waals surface area (Å²) in [5.74, 6) is -0.584. The number of rotatable bonds is 4. The van der Waals surface area contributed by atoms with Gasteiger partial charge in [-0.1, -0.05) is 0 Å². The molecule has 0 saturated heterocycles. The van der Waals surface area contributed by atoms with E-state index < -0.39 is 15.8 Å². The molecule has 0 radical (unpaired) electrons. The van der Waals surface area contributed by atoms with Crippen molar-refractivity contribution in [3.63, 3.8) is 0 Å². The number of halogens is 1. The molecule has 0 aromatic heterocycles. The van der Waals surface area contributed by atoms with Crippen LogP contribution in [0.1, 0.15) is 36.0 Å². The van der Waals surface area contributed by atoms with E-state index in [1.807, 2.05) is 0 Å². The van der Waals surface area contributed by atoms with Crippen molar-refractivity contribution in [2.24, 2.45) is 0 Å². The highest BCUT2D eigenvalue weighted by Gasteiger charge is 2.30. The van der Waals surface area contributed by atoms with E-state index in [1.54, 1.807) is 6.07 Å². The van der Waals surface area contributed by atoms with Crippen LogP contribution in [-0.2, 0) is 9.84 Å². The van der Waals surface area contributed by atoms with Crippen molar-refractivity contribution in [3.05, 3.63) is 28.2 Å². The second kappa shape index (κ2) is 6.36. The first-order valence-electron chi connectivity index (χ1n) is 6.65. The van der Waals surface area contributed by atoms with Gasteiger partial charge in [-0.05, 0) is 53.4 Å². The highest BCUT2D eigenvalue weighted by Crippen LogP contribution is 2.32. The number of carbonyl (C=O) groups is 1. The van der Waals surface area contributed by atoms with E-state index in [2.05, 4.69) is 15.9 Å². The Labute approximate surface area is 132 Å². The van der Waals surface area contributed by atoms with Gasteiger partial charge in [-0.15, -0.1) is 0 Å². The minimum atomic E-state index is -3.07. The number of aromatic carboxylic acids is 1. The van der Waals surface area contributed by atoms with Crippen molar-refractivity contribution in [3.8, 4) is 5.75 Å². The van der Waals surface area contributed by atoms with E-state index in [0.29, 0.717) is 23.1 Å². The van der Waals surface area contributed by atoms with E-state index in [9.17, 15) is 13.2 Å². The Balaban J connectivity index is 2.14. The van der Waals surface area contributed by atoms with E-state index >= 15 is 0 Å². The first-order chi connectivity index (χ1) is 9.77. The number of sulfone groups is 1. The highest BCUT2D eigenvalue weighted by atomic mass is 79.9. The second-order valence-electron chi connectivity index (χ2n) is 5.31. The summed E-state index contributed by atoms with van der Waals surface area (Å²) >= 11 is 3.32. The van der Waals surface area contributed by atoms with Crippen LogP contribution in [0.25, 0.3) is 0 Å². The quantitative estimate of drug-likeness (QED) is 0.873. The van der Waals surface area contributed by atoms with Gasteiger partial charge in [0.05, 0.1) is 15.3 Å². The van der Waals surface area contributed by atoms with Gasteiger partial charge in [0, 0.05) is 12.7 Å². The van der Waals surface area contributed by atoms with Crippen molar-refractivity contribution in [1.82, 2.24) is 0 Å². The van der Waals surface area contributed by atoms with Gasteiger partial charge in [-0.25, -0.2) is 13.2 Å². The van der Waals surface area contributed by atoms with Crippen molar-refractivity contribution < 1.29 is 23.1 Å². The molecule has 1 fully saturated rings. The summed E-state index contributed by atoms with van der Waals surface area (Å²) < 4.78 is 29.8. The summed E-state index contributed by atoms with van der Waals surface area (Å²) in [7, 11) is -3.07. The molecule has 2 unspecified atom stereocenters. The van der Waals surface area contributed by atoms with E-state index in [-0.39, 0.29) is 16.9 Å². The number of hydrogen-bond acceptors (Lipinski definition) is 4. The predicted molar refractivity (Wildman–Crippen MR) is 82.6 cm³/mol. The fourth-order valence-electron chi connectivity index (χ4n) is 2.50. The summed E-state index contributed by atoms with van der Waals surface area (Å²) in [5, 5.41) is 8.63. The van der Waals surface area contributed by atoms with E-state index in [4.69, 9.17) is 9.84 Å². The SMILES string of the molecule is CS(=O)(=O)C1CCCC(Oc2cc(C(=O)O)ccc2Br)C1. The Bertz CT molecular complexity index is 641. The zero-order valence-electron chi connectivity index (χ0n) is 11.6. The molecule has 1 N–H and O–H groups in total. The standard InChI is InChI=1S/C14H17BrO5S/c1-21(18,19)11-4-2-3-10(8-11)20-13-7-9(14(16)17)5-6-12(13)15/h5-7,10-11H,2-4,8H2,1H3,(H,16,17). The third kappa shape index (κ3) is 4.20. The first-order valence-corrected chi connectivity index (χ1v) is 9.40. The average molecular weight is 377 g/mol. The summed E-state index contributed by atoms with van der Waals surface area (Å²) in [6.07, 6.45) is 3.71. The summed E-state index contributed by atoms with van der Waals surface area (Å²) in [6.45, 7) is 0. The fourth-order valence-corrected chi connectivity index (χ4v) is 4.00. The Morgan fingerprint density at radius 1 is 1.38 bits per heavy atom. The lowest BCUT2D eigenvalue weighted by atomic mass is 9.97. The number of carboxylic acids is 1. The molecule has 0 aliphatic heterocycles. The van der Waals surface area contributed by atoms with Gasteiger partial charge in [-0.3, -0.25) is 0 Å². The molecule has 1 saturated carbocycles. The van der Waals surface area contributed by atoms with Crippen LogP contribution < -0.4 is 4.74 Å². The Kier molecular flexibility index (Phi) is 4.93. The molecule has 2 rings (SSSR count). The predicted octanol–water partition coefficient (Wildman–Crippen LogP) is 2.88. The maximum atomic E-state index is 11.7.